The second-order valence-corrected chi connectivity index (χ2v) is 6.54. The molecule has 1 aromatic rings. The molecule has 2 aliphatic heterocycles. The number of nitrogens with zero attached hydrogens (tertiary/aromatic N) is 2. The smallest absolute Gasteiger partial charge is 0.229 e. The van der Waals surface area contributed by atoms with Crippen LogP contribution in [0.15, 0.2) is 18.3 Å². The van der Waals surface area contributed by atoms with E-state index in [-0.39, 0.29) is 11.8 Å². The number of amides is 1. The van der Waals surface area contributed by atoms with E-state index in [1.807, 2.05) is 19.1 Å². The van der Waals surface area contributed by atoms with Crippen LogP contribution in [0.4, 0.5) is 5.82 Å². The van der Waals surface area contributed by atoms with Gasteiger partial charge < -0.3 is 15.0 Å². The third-order valence-electron chi connectivity index (χ3n) is 4.58. The van der Waals surface area contributed by atoms with E-state index in [0.717, 1.165) is 57.7 Å². The number of carbonyl (C=O) groups excluding carboxylic acids is 1. The highest BCUT2D eigenvalue weighted by Crippen LogP contribution is 2.21. The van der Waals surface area contributed by atoms with Gasteiger partial charge in [-0.1, -0.05) is 6.07 Å². The summed E-state index contributed by atoms with van der Waals surface area (Å²) >= 11 is 0. The van der Waals surface area contributed by atoms with Crippen molar-refractivity contribution < 1.29 is 9.53 Å². The van der Waals surface area contributed by atoms with Gasteiger partial charge in [0.25, 0.3) is 0 Å². The molecule has 2 fully saturated rings. The first-order chi connectivity index (χ1) is 10.7. The summed E-state index contributed by atoms with van der Waals surface area (Å²) in [6.45, 7) is 6.77. The average molecular weight is 303 g/mol. The monoisotopic (exact) mass is 303 g/mol. The topological polar surface area (TPSA) is 54.5 Å². The molecular formula is C17H25N3O2. The molecule has 5 nitrogen and oxygen atoms in total. The molecule has 1 N–H and O–H groups in total. The Bertz CT molecular complexity index is 497. The summed E-state index contributed by atoms with van der Waals surface area (Å²) in [6, 6.07) is 3.83. The zero-order valence-corrected chi connectivity index (χ0v) is 13.3. The minimum atomic E-state index is 0.0687. The summed E-state index contributed by atoms with van der Waals surface area (Å²) in [6.07, 6.45) is 4.99. The molecule has 0 saturated carbocycles. The number of piperidine rings is 1. The number of anilines is 1. The Kier molecular flexibility index (Phi) is 5.05. The minimum Gasteiger partial charge on any atom is -0.381 e. The van der Waals surface area contributed by atoms with Crippen molar-refractivity contribution in [1.29, 1.82) is 0 Å². The maximum Gasteiger partial charge on any atom is 0.229 e. The van der Waals surface area contributed by atoms with Gasteiger partial charge >= 0.3 is 0 Å². The third kappa shape index (κ3) is 4.05. The molecule has 0 aliphatic carbocycles. The van der Waals surface area contributed by atoms with Crippen molar-refractivity contribution in [3.8, 4) is 0 Å². The standard InChI is InChI=1S/C17H25N3O2/c1-13-4-5-16(18-9-13)19-17(21)15-3-2-7-20(11-15)10-14-6-8-22-12-14/h4-5,9,14-15H,2-3,6-8,10-12H2,1H3,(H,18,19,21)/t14-,15+/m0/s1. The quantitative estimate of drug-likeness (QED) is 0.925. The number of pyridine rings is 1. The van der Waals surface area contributed by atoms with Gasteiger partial charge in [0.1, 0.15) is 5.82 Å². The van der Waals surface area contributed by atoms with Crippen molar-refractivity contribution in [3.05, 3.63) is 23.9 Å². The van der Waals surface area contributed by atoms with Crippen LogP contribution in [-0.2, 0) is 9.53 Å². The predicted molar refractivity (Wildman–Crippen MR) is 85.7 cm³/mol. The maximum absolute atomic E-state index is 12.4. The number of rotatable bonds is 4. The van der Waals surface area contributed by atoms with Gasteiger partial charge in [-0.25, -0.2) is 4.98 Å². The first-order valence-corrected chi connectivity index (χ1v) is 8.24. The fourth-order valence-electron chi connectivity index (χ4n) is 3.30. The number of aryl methyl sites for hydroxylation is 1. The summed E-state index contributed by atoms with van der Waals surface area (Å²) in [4.78, 5) is 19.1. The second-order valence-electron chi connectivity index (χ2n) is 6.54. The Morgan fingerprint density at radius 2 is 2.36 bits per heavy atom. The molecule has 3 heterocycles. The molecule has 1 amide bonds. The van der Waals surface area contributed by atoms with E-state index in [9.17, 15) is 4.79 Å². The summed E-state index contributed by atoms with van der Waals surface area (Å²) < 4.78 is 5.45. The number of hydrogen-bond donors (Lipinski definition) is 1. The largest absolute Gasteiger partial charge is 0.381 e. The van der Waals surface area contributed by atoms with E-state index >= 15 is 0 Å². The number of hydrogen-bond acceptors (Lipinski definition) is 4. The van der Waals surface area contributed by atoms with E-state index in [1.54, 1.807) is 6.20 Å². The van der Waals surface area contributed by atoms with Crippen LogP contribution < -0.4 is 5.32 Å². The molecule has 2 saturated heterocycles. The van der Waals surface area contributed by atoms with Gasteiger partial charge in [-0.15, -0.1) is 0 Å². The van der Waals surface area contributed by atoms with Gasteiger partial charge in [0, 0.05) is 25.9 Å². The number of likely N-dealkylation sites (tertiary alicyclic amines) is 1. The van der Waals surface area contributed by atoms with E-state index in [0.29, 0.717) is 11.7 Å². The van der Waals surface area contributed by atoms with Gasteiger partial charge in [0.15, 0.2) is 0 Å². The zero-order valence-electron chi connectivity index (χ0n) is 13.3. The Hall–Kier alpha value is -1.46. The lowest BCUT2D eigenvalue weighted by molar-refractivity contribution is -0.121. The van der Waals surface area contributed by atoms with Crippen molar-refractivity contribution in [2.75, 3.05) is 38.2 Å². The molecule has 0 unspecified atom stereocenters. The highest BCUT2D eigenvalue weighted by molar-refractivity contribution is 5.91. The molecule has 0 bridgehead atoms. The zero-order chi connectivity index (χ0) is 15.4. The summed E-state index contributed by atoms with van der Waals surface area (Å²) in [5.41, 5.74) is 1.10. The molecule has 0 aromatic carbocycles. The van der Waals surface area contributed by atoms with Crippen LogP contribution in [0.1, 0.15) is 24.8 Å². The van der Waals surface area contributed by atoms with E-state index in [2.05, 4.69) is 15.2 Å². The van der Waals surface area contributed by atoms with E-state index in [1.165, 1.54) is 0 Å². The molecular weight excluding hydrogens is 278 g/mol. The predicted octanol–water partition coefficient (Wildman–Crippen LogP) is 2.08. The van der Waals surface area contributed by atoms with Crippen molar-refractivity contribution in [3.63, 3.8) is 0 Å². The van der Waals surface area contributed by atoms with Gasteiger partial charge in [0.05, 0.1) is 12.5 Å². The van der Waals surface area contributed by atoms with Crippen LogP contribution >= 0.6 is 0 Å². The first kappa shape index (κ1) is 15.4. The second kappa shape index (κ2) is 7.20. The van der Waals surface area contributed by atoms with Crippen LogP contribution in [-0.4, -0.2) is 48.6 Å². The highest BCUT2D eigenvalue weighted by Gasteiger charge is 2.28. The van der Waals surface area contributed by atoms with Crippen molar-refractivity contribution in [2.45, 2.75) is 26.2 Å². The Balaban J connectivity index is 1.52. The lowest BCUT2D eigenvalue weighted by Gasteiger charge is -2.33. The van der Waals surface area contributed by atoms with Crippen LogP contribution in [0.3, 0.4) is 0 Å². The molecule has 1 aromatic heterocycles. The molecule has 120 valence electrons. The van der Waals surface area contributed by atoms with Crippen molar-refractivity contribution in [2.24, 2.45) is 11.8 Å². The SMILES string of the molecule is Cc1ccc(NC(=O)[C@@H]2CCCN(C[C@@H]3CCOC3)C2)nc1. The Morgan fingerprint density at radius 3 is 3.09 bits per heavy atom. The molecule has 5 heteroatoms. The van der Waals surface area contributed by atoms with Crippen LogP contribution in [0.5, 0.6) is 0 Å². The lowest BCUT2D eigenvalue weighted by Crippen LogP contribution is -2.42. The number of aromatic nitrogens is 1. The van der Waals surface area contributed by atoms with Crippen LogP contribution in [0, 0.1) is 18.8 Å². The molecule has 0 spiro atoms. The summed E-state index contributed by atoms with van der Waals surface area (Å²) in [5, 5.41) is 2.95. The fraction of sp³-hybridized carbons (Fsp3) is 0.647. The van der Waals surface area contributed by atoms with Gasteiger partial charge in [-0.05, 0) is 50.3 Å². The summed E-state index contributed by atoms with van der Waals surface area (Å²) in [5.74, 6) is 1.46. The Labute approximate surface area is 132 Å². The highest BCUT2D eigenvalue weighted by atomic mass is 16.5. The molecule has 0 radical (unpaired) electrons. The molecule has 3 rings (SSSR count). The van der Waals surface area contributed by atoms with Crippen LogP contribution in [0.2, 0.25) is 0 Å². The average Bonchev–Trinajstić information content (AvgIpc) is 3.03. The maximum atomic E-state index is 12.4. The minimum absolute atomic E-state index is 0.0687. The van der Waals surface area contributed by atoms with E-state index in [4.69, 9.17) is 4.74 Å². The van der Waals surface area contributed by atoms with E-state index < -0.39 is 0 Å². The van der Waals surface area contributed by atoms with Crippen molar-refractivity contribution >= 4 is 11.7 Å². The van der Waals surface area contributed by atoms with Crippen LogP contribution in [0.25, 0.3) is 0 Å². The van der Waals surface area contributed by atoms with Gasteiger partial charge in [-0.2, -0.15) is 0 Å². The molecule has 22 heavy (non-hydrogen) atoms. The van der Waals surface area contributed by atoms with Gasteiger partial charge in [-0.3, -0.25) is 4.79 Å². The Morgan fingerprint density at radius 1 is 1.45 bits per heavy atom. The molecule has 2 aliphatic rings. The third-order valence-corrected chi connectivity index (χ3v) is 4.58. The fourth-order valence-corrected chi connectivity index (χ4v) is 3.30. The summed E-state index contributed by atoms with van der Waals surface area (Å²) in [7, 11) is 0. The first-order valence-electron chi connectivity index (χ1n) is 8.24. The number of carbonyl (C=O) groups is 1. The number of nitrogens with one attached hydrogen (secondary N) is 1. The van der Waals surface area contributed by atoms with Gasteiger partial charge in [0.2, 0.25) is 5.91 Å². The lowest BCUT2D eigenvalue weighted by atomic mass is 9.96. The molecule has 2 atom stereocenters. The normalized spacial score (nSPS) is 26.0. The van der Waals surface area contributed by atoms with Crippen molar-refractivity contribution in [1.82, 2.24) is 9.88 Å². The number of ether oxygens (including phenoxy) is 1.